The Bertz CT molecular complexity index is 442. The lowest BCUT2D eigenvalue weighted by Crippen LogP contribution is -2.34. The van der Waals surface area contributed by atoms with E-state index >= 15 is 0 Å². The van der Waals surface area contributed by atoms with E-state index in [9.17, 15) is 18.0 Å². The third kappa shape index (κ3) is 2.48. The molecular weight excluding hydrogens is 247 g/mol. The molecule has 0 bridgehead atoms. The second-order valence-corrected chi connectivity index (χ2v) is 4.04. The maximum atomic E-state index is 12.4. The van der Waals surface area contributed by atoms with Crippen molar-refractivity contribution < 1.29 is 22.7 Å². The molecule has 98 valence electrons. The number of nitrogens with zero attached hydrogens (tertiary/aromatic N) is 1. The fraction of sp³-hybridized carbons (Fsp3) is 0.417. The minimum Gasteiger partial charge on any atom is -0.357 e. The van der Waals surface area contributed by atoms with Crippen molar-refractivity contribution >= 4 is 5.91 Å². The SMILES string of the molecule is CC1OCCN1C(=O)c1ccc(C(F)(F)F)cc1. The highest BCUT2D eigenvalue weighted by molar-refractivity contribution is 5.94. The van der Waals surface area contributed by atoms with Crippen LogP contribution in [0.1, 0.15) is 22.8 Å². The molecule has 1 aliphatic heterocycles. The monoisotopic (exact) mass is 259 g/mol. The van der Waals surface area contributed by atoms with E-state index in [1.54, 1.807) is 6.92 Å². The van der Waals surface area contributed by atoms with E-state index in [0.29, 0.717) is 13.2 Å². The van der Waals surface area contributed by atoms with E-state index in [4.69, 9.17) is 4.74 Å². The summed E-state index contributed by atoms with van der Waals surface area (Å²) in [5, 5.41) is 0. The van der Waals surface area contributed by atoms with Crippen LogP contribution in [0.4, 0.5) is 13.2 Å². The van der Waals surface area contributed by atoms with Crippen LogP contribution in [0.5, 0.6) is 0 Å². The maximum Gasteiger partial charge on any atom is 0.416 e. The zero-order valence-corrected chi connectivity index (χ0v) is 9.70. The van der Waals surface area contributed by atoms with Crippen LogP contribution >= 0.6 is 0 Å². The Kier molecular flexibility index (Phi) is 3.30. The Labute approximate surface area is 102 Å². The summed E-state index contributed by atoms with van der Waals surface area (Å²) in [6, 6.07) is 4.20. The first-order valence-electron chi connectivity index (χ1n) is 5.49. The minimum atomic E-state index is -4.38. The molecule has 18 heavy (non-hydrogen) atoms. The lowest BCUT2D eigenvalue weighted by Gasteiger charge is -2.19. The number of hydrogen-bond donors (Lipinski definition) is 0. The summed E-state index contributed by atoms with van der Waals surface area (Å²) in [6.07, 6.45) is -4.72. The molecule has 0 aliphatic carbocycles. The zero-order chi connectivity index (χ0) is 13.3. The smallest absolute Gasteiger partial charge is 0.357 e. The predicted molar refractivity (Wildman–Crippen MR) is 57.9 cm³/mol. The lowest BCUT2D eigenvalue weighted by atomic mass is 10.1. The number of benzene rings is 1. The van der Waals surface area contributed by atoms with Crippen molar-refractivity contribution in [2.75, 3.05) is 13.2 Å². The zero-order valence-electron chi connectivity index (χ0n) is 9.70. The number of alkyl halides is 3. The van der Waals surface area contributed by atoms with Crippen molar-refractivity contribution in [3.8, 4) is 0 Å². The summed E-state index contributed by atoms with van der Waals surface area (Å²) in [5.41, 5.74) is -0.523. The summed E-state index contributed by atoms with van der Waals surface area (Å²) in [4.78, 5) is 13.5. The van der Waals surface area contributed by atoms with E-state index in [1.165, 1.54) is 17.0 Å². The van der Waals surface area contributed by atoms with Crippen LogP contribution in [0.25, 0.3) is 0 Å². The Morgan fingerprint density at radius 1 is 1.33 bits per heavy atom. The predicted octanol–water partition coefficient (Wildman–Crippen LogP) is 2.52. The van der Waals surface area contributed by atoms with Gasteiger partial charge in [-0.1, -0.05) is 0 Å². The summed E-state index contributed by atoms with van der Waals surface area (Å²) in [5.74, 6) is -0.311. The van der Waals surface area contributed by atoms with E-state index in [2.05, 4.69) is 0 Å². The van der Waals surface area contributed by atoms with Gasteiger partial charge in [0.15, 0.2) is 0 Å². The quantitative estimate of drug-likeness (QED) is 0.775. The highest BCUT2D eigenvalue weighted by Crippen LogP contribution is 2.29. The van der Waals surface area contributed by atoms with Crippen LogP contribution in [0.15, 0.2) is 24.3 Å². The number of carbonyl (C=O) groups excluding carboxylic acids is 1. The molecule has 0 saturated carbocycles. The molecule has 1 aromatic rings. The molecule has 1 amide bonds. The maximum absolute atomic E-state index is 12.4. The lowest BCUT2D eigenvalue weighted by molar-refractivity contribution is -0.137. The van der Waals surface area contributed by atoms with Gasteiger partial charge in [0.1, 0.15) is 6.23 Å². The summed E-state index contributed by atoms with van der Waals surface area (Å²) in [7, 11) is 0. The van der Waals surface area contributed by atoms with Crippen molar-refractivity contribution in [3.05, 3.63) is 35.4 Å². The highest BCUT2D eigenvalue weighted by atomic mass is 19.4. The molecule has 1 aliphatic rings. The Balaban J connectivity index is 2.17. The molecule has 6 heteroatoms. The van der Waals surface area contributed by atoms with Gasteiger partial charge < -0.3 is 9.64 Å². The number of rotatable bonds is 1. The van der Waals surface area contributed by atoms with Crippen molar-refractivity contribution in [2.45, 2.75) is 19.3 Å². The van der Waals surface area contributed by atoms with Gasteiger partial charge >= 0.3 is 6.18 Å². The normalized spacial score (nSPS) is 20.2. The molecule has 3 nitrogen and oxygen atoms in total. The van der Waals surface area contributed by atoms with Gasteiger partial charge in [0, 0.05) is 12.1 Å². The molecule has 0 spiro atoms. The number of ether oxygens (including phenoxy) is 1. The summed E-state index contributed by atoms with van der Waals surface area (Å²) < 4.78 is 42.3. The molecule has 0 radical (unpaired) electrons. The van der Waals surface area contributed by atoms with Crippen LogP contribution in [-0.2, 0) is 10.9 Å². The van der Waals surface area contributed by atoms with Crippen LogP contribution < -0.4 is 0 Å². The summed E-state index contributed by atoms with van der Waals surface area (Å²) in [6.45, 7) is 2.64. The first-order chi connectivity index (χ1) is 8.39. The van der Waals surface area contributed by atoms with Crippen LogP contribution in [0, 0.1) is 0 Å². The van der Waals surface area contributed by atoms with Crippen molar-refractivity contribution in [1.82, 2.24) is 4.90 Å². The molecule has 1 unspecified atom stereocenters. The van der Waals surface area contributed by atoms with Gasteiger partial charge in [0.25, 0.3) is 5.91 Å². The van der Waals surface area contributed by atoms with Crippen molar-refractivity contribution in [1.29, 1.82) is 0 Å². The van der Waals surface area contributed by atoms with Gasteiger partial charge in [0.2, 0.25) is 0 Å². The Hall–Kier alpha value is -1.56. The second kappa shape index (κ2) is 4.61. The van der Waals surface area contributed by atoms with Crippen LogP contribution in [0.3, 0.4) is 0 Å². The van der Waals surface area contributed by atoms with Crippen LogP contribution in [-0.4, -0.2) is 30.2 Å². The largest absolute Gasteiger partial charge is 0.416 e. The third-order valence-electron chi connectivity index (χ3n) is 2.85. The molecule has 0 aromatic heterocycles. The van der Waals surface area contributed by atoms with E-state index < -0.39 is 11.7 Å². The average molecular weight is 259 g/mol. The Morgan fingerprint density at radius 3 is 2.39 bits per heavy atom. The van der Waals surface area contributed by atoms with Gasteiger partial charge in [-0.3, -0.25) is 4.79 Å². The molecule has 1 saturated heterocycles. The fourth-order valence-electron chi connectivity index (χ4n) is 1.83. The molecule has 1 fully saturated rings. The van der Waals surface area contributed by atoms with E-state index in [-0.39, 0.29) is 17.7 Å². The van der Waals surface area contributed by atoms with Crippen LogP contribution in [0.2, 0.25) is 0 Å². The molecule has 1 atom stereocenters. The van der Waals surface area contributed by atoms with Gasteiger partial charge in [-0.15, -0.1) is 0 Å². The highest BCUT2D eigenvalue weighted by Gasteiger charge is 2.31. The number of halogens is 3. The summed E-state index contributed by atoms with van der Waals surface area (Å²) >= 11 is 0. The molecule has 0 N–H and O–H groups in total. The number of carbonyl (C=O) groups is 1. The number of hydrogen-bond acceptors (Lipinski definition) is 2. The molecule has 1 heterocycles. The molecule has 2 rings (SSSR count). The van der Waals surface area contributed by atoms with Crippen molar-refractivity contribution in [2.24, 2.45) is 0 Å². The minimum absolute atomic E-state index is 0.236. The van der Waals surface area contributed by atoms with Gasteiger partial charge in [-0.2, -0.15) is 13.2 Å². The van der Waals surface area contributed by atoms with Gasteiger partial charge in [-0.25, -0.2) is 0 Å². The standard InChI is InChI=1S/C12H12F3NO2/c1-8-16(6-7-18-8)11(17)9-2-4-10(5-3-9)12(13,14)15/h2-5,8H,6-7H2,1H3. The first-order valence-corrected chi connectivity index (χ1v) is 5.49. The van der Waals surface area contributed by atoms with E-state index in [0.717, 1.165) is 12.1 Å². The van der Waals surface area contributed by atoms with Crippen molar-refractivity contribution in [3.63, 3.8) is 0 Å². The van der Waals surface area contributed by atoms with E-state index in [1.807, 2.05) is 0 Å². The third-order valence-corrected chi connectivity index (χ3v) is 2.85. The first kappa shape index (κ1) is 12.9. The average Bonchev–Trinajstić information content (AvgIpc) is 2.73. The molecule has 1 aromatic carbocycles. The van der Waals surface area contributed by atoms with Gasteiger partial charge in [-0.05, 0) is 31.2 Å². The van der Waals surface area contributed by atoms with Gasteiger partial charge in [0.05, 0.1) is 12.2 Å². The Morgan fingerprint density at radius 2 is 1.94 bits per heavy atom. The molecular formula is C12H12F3NO2. The fourth-order valence-corrected chi connectivity index (χ4v) is 1.83. The topological polar surface area (TPSA) is 29.5 Å². The number of amides is 1. The second-order valence-electron chi connectivity index (χ2n) is 4.04.